The van der Waals surface area contributed by atoms with E-state index in [9.17, 15) is 0 Å². The summed E-state index contributed by atoms with van der Waals surface area (Å²) in [5, 5.41) is 13.0. The third-order valence-corrected chi connectivity index (χ3v) is 12.8. The van der Waals surface area contributed by atoms with Crippen molar-refractivity contribution in [1.82, 2.24) is 15.2 Å². The number of para-hydroxylation sites is 1. The van der Waals surface area contributed by atoms with Crippen LogP contribution in [-0.2, 0) is 0 Å². The topological polar surface area (TPSA) is 53.7 Å². The van der Waals surface area contributed by atoms with E-state index < -0.39 is 0 Å². The van der Waals surface area contributed by atoms with Gasteiger partial charge < -0.3 is 10.6 Å². The molecule has 4 unspecified atom stereocenters. The molecule has 0 saturated carbocycles. The van der Waals surface area contributed by atoms with Gasteiger partial charge in [0.05, 0.1) is 51.5 Å². The lowest BCUT2D eigenvalue weighted by Gasteiger charge is -2.34. The van der Waals surface area contributed by atoms with Crippen LogP contribution >= 0.6 is 11.8 Å². The molecule has 0 bridgehead atoms. The summed E-state index contributed by atoms with van der Waals surface area (Å²) in [7, 11) is 0. The summed E-state index contributed by atoms with van der Waals surface area (Å²) in [6.45, 7) is 0. The first-order valence-electron chi connectivity index (χ1n) is 18.0. The second-order valence-corrected chi connectivity index (χ2v) is 15.4. The van der Waals surface area contributed by atoms with E-state index >= 15 is 0 Å². The van der Waals surface area contributed by atoms with Gasteiger partial charge in [0.1, 0.15) is 0 Å². The normalized spacial score (nSPS) is 22.1. The van der Waals surface area contributed by atoms with Crippen LogP contribution in [0.4, 0.5) is 0 Å². The first-order valence-corrected chi connectivity index (χ1v) is 18.9. The van der Waals surface area contributed by atoms with E-state index in [1.165, 1.54) is 65.3 Å². The van der Waals surface area contributed by atoms with E-state index in [0.29, 0.717) is 0 Å². The first kappa shape index (κ1) is 28.6. The van der Waals surface area contributed by atoms with Crippen LogP contribution < -0.4 is 10.6 Å². The van der Waals surface area contributed by atoms with Crippen LogP contribution in [-0.4, -0.2) is 27.5 Å². The first-order chi connectivity index (χ1) is 25.8. The highest BCUT2D eigenvalue weighted by atomic mass is 32.2. The Balaban J connectivity index is 1.10. The molecule has 0 radical (unpaired) electrons. The largest absolute Gasteiger partial charge is 0.371 e. The number of thioether (sulfide) groups is 1. The molecule has 246 valence electrons. The molecule has 2 aliphatic carbocycles. The van der Waals surface area contributed by atoms with Crippen molar-refractivity contribution in [3.8, 4) is 11.1 Å². The average Bonchev–Trinajstić information content (AvgIpc) is 3.86. The van der Waals surface area contributed by atoms with E-state index in [1.54, 1.807) is 0 Å². The fraction of sp³-hybridized carbons (Fsp3) is 0.0870. The van der Waals surface area contributed by atoms with Crippen LogP contribution in [0.5, 0.6) is 0 Å². The molecule has 0 fully saturated rings. The van der Waals surface area contributed by atoms with E-state index in [-0.39, 0.29) is 23.4 Å². The summed E-state index contributed by atoms with van der Waals surface area (Å²) in [6.07, 6.45) is 8.49. The molecule has 3 aliphatic heterocycles. The molecular weight excluding hydrogens is 655 g/mol. The summed E-state index contributed by atoms with van der Waals surface area (Å²) in [4.78, 5) is 12.3. The molecule has 6 aromatic carbocycles. The molecule has 4 heterocycles. The molecule has 12 rings (SSSR count). The minimum Gasteiger partial charge on any atom is -0.371 e. The number of fused-ring (bicyclic) bond motifs is 10. The molecular formula is C46H31N5S. The Kier molecular flexibility index (Phi) is 5.88. The van der Waals surface area contributed by atoms with Crippen molar-refractivity contribution in [3.63, 3.8) is 0 Å². The van der Waals surface area contributed by atoms with Gasteiger partial charge in [0.25, 0.3) is 0 Å². The molecule has 7 aromatic rings. The summed E-state index contributed by atoms with van der Waals surface area (Å²) >= 11 is 1.95. The molecule has 5 nitrogen and oxygen atoms in total. The zero-order valence-corrected chi connectivity index (χ0v) is 28.8. The zero-order chi connectivity index (χ0) is 33.9. The van der Waals surface area contributed by atoms with Crippen LogP contribution in [0, 0.1) is 0 Å². The average molecular weight is 686 g/mol. The third-order valence-electron chi connectivity index (χ3n) is 11.3. The lowest BCUT2D eigenvalue weighted by Crippen LogP contribution is -2.43. The zero-order valence-electron chi connectivity index (χ0n) is 28.0. The van der Waals surface area contributed by atoms with Crippen molar-refractivity contribution < 1.29 is 0 Å². The van der Waals surface area contributed by atoms with Crippen LogP contribution in [0.3, 0.4) is 0 Å². The number of rotatable bonds is 2. The quantitative estimate of drug-likeness (QED) is 0.191. The Morgan fingerprint density at radius 3 is 2.46 bits per heavy atom. The molecule has 2 N–H and O–H groups in total. The fourth-order valence-corrected chi connectivity index (χ4v) is 10.5. The highest BCUT2D eigenvalue weighted by Gasteiger charge is 2.43. The van der Waals surface area contributed by atoms with Crippen LogP contribution in [0.25, 0.3) is 55.1 Å². The maximum absolute atomic E-state index is 5.73. The predicted octanol–water partition coefficient (Wildman–Crippen LogP) is 10.1. The lowest BCUT2D eigenvalue weighted by molar-refractivity contribution is 0.505. The van der Waals surface area contributed by atoms with Gasteiger partial charge in [0.2, 0.25) is 5.96 Å². The maximum Gasteiger partial charge on any atom is 0.204 e. The van der Waals surface area contributed by atoms with Crippen molar-refractivity contribution in [3.05, 3.63) is 174 Å². The number of nitrogens with one attached hydrogen (secondary N) is 2. The fourth-order valence-electron chi connectivity index (χ4n) is 9.06. The van der Waals surface area contributed by atoms with Gasteiger partial charge in [-0.05, 0) is 52.6 Å². The van der Waals surface area contributed by atoms with E-state index in [2.05, 4.69) is 167 Å². The number of aliphatic imine (C=N–C) groups is 2. The van der Waals surface area contributed by atoms with Gasteiger partial charge >= 0.3 is 0 Å². The van der Waals surface area contributed by atoms with Gasteiger partial charge in [-0.1, -0.05) is 121 Å². The molecule has 52 heavy (non-hydrogen) atoms. The molecule has 1 aromatic heterocycles. The van der Waals surface area contributed by atoms with Gasteiger partial charge in [-0.2, -0.15) is 0 Å². The molecule has 5 aliphatic rings. The second-order valence-electron chi connectivity index (χ2n) is 14.2. The smallest absolute Gasteiger partial charge is 0.204 e. The van der Waals surface area contributed by atoms with Crippen LogP contribution in [0.15, 0.2) is 167 Å². The lowest BCUT2D eigenvalue weighted by atomic mass is 9.92. The van der Waals surface area contributed by atoms with Gasteiger partial charge in [-0.3, -0.25) is 4.57 Å². The Bertz CT molecular complexity index is 2860. The number of hydrogen-bond acceptors (Lipinski definition) is 5. The molecule has 0 saturated heterocycles. The number of aromatic nitrogens is 1. The highest BCUT2D eigenvalue weighted by molar-refractivity contribution is 8.00. The van der Waals surface area contributed by atoms with Gasteiger partial charge in [0.15, 0.2) is 0 Å². The summed E-state index contributed by atoms with van der Waals surface area (Å²) in [5.74, 6) is 0.885. The SMILES string of the molecule is C1=CC2=NC3=C(NC2C=C1)c1cc2c4ccccc4n(C4=NC(c5cccc(-c6ccccc6)c5)C5Sc6ccccc6C5N4)c2c2cccc3c12. The molecule has 6 heteroatoms. The van der Waals surface area contributed by atoms with Gasteiger partial charge in [-0.25, -0.2) is 9.98 Å². The minimum atomic E-state index is -0.0613. The van der Waals surface area contributed by atoms with Gasteiger partial charge in [0, 0.05) is 37.6 Å². The minimum absolute atomic E-state index is 0.0613. The molecule has 4 atom stereocenters. The predicted molar refractivity (Wildman–Crippen MR) is 216 cm³/mol. The van der Waals surface area contributed by atoms with Crippen molar-refractivity contribution in [2.45, 2.75) is 28.3 Å². The summed E-state index contributed by atoms with van der Waals surface area (Å²) in [6, 6.07) is 46.6. The third kappa shape index (κ3) is 3.95. The van der Waals surface area contributed by atoms with E-state index in [0.717, 1.165) is 28.6 Å². The van der Waals surface area contributed by atoms with Crippen molar-refractivity contribution in [1.29, 1.82) is 0 Å². The molecule has 0 amide bonds. The monoisotopic (exact) mass is 685 g/mol. The Morgan fingerprint density at radius 1 is 0.673 bits per heavy atom. The summed E-state index contributed by atoms with van der Waals surface area (Å²) < 4.78 is 2.41. The number of hydrogen-bond donors (Lipinski definition) is 2. The van der Waals surface area contributed by atoms with Crippen molar-refractivity contribution in [2.75, 3.05) is 0 Å². The standard InChI is InChI=1S/C46H31N5S/c1-2-12-26(13-3-1)27-14-10-15-28(24-27)40-45-43(30-17-5-9-23-38(30)52-45)50-46(49-40)51-37-22-8-4-16-29(37)33-25-34-39-31(18-11-19-32(39)44(33)51)41-42(34)48-36-21-7-6-20-35(36)47-41/h1-25,36,40,43,45,48H,(H,49,50). The maximum atomic E-state index is 5.73. The van der Waals surface area contributed by atoms with Crippen molar-refractivity contribution in [2.24, 2.45) is 9.98 Å². The second kappa shape index (κ2) is 10.7. The highest BCUT2D eigenvalue weighted by Crippen LogP contribution is 2.53. The Hall–Kier alpha value is -6.11. The number of benzene rings is 6. The summed E-state index contributed by atoms with van der Waals surface area (Å²) in [5.41, 5.74) is 12.9. The van der Waals surface area contributed by atoms with Crippen molar-refractivity contribution >= 4 is 67.4 Å². The Morgan fingerprint density at radius 2 is 1.50 bits per heavy atom. The van der Waals surface area contributed by atoms with Crippen LogP contribution in [0.2, 0.25) is 0 Å². The Labute approximate surface area is 304 Å². The van der Waals surface area contributed by atoms with Crippen LogP contribution in [0.1, 0.15) is 34.3 Å². The molecule has 0 spiro atoms. The van der Waals surface area contributed by atoms with E-state index in [4.69, 9.17) is 9.98 Å². The van der Waals surface area contributed by atoms with E-state index in [1.807, 2.05) is 11.8 Å². The number of nitrogens with zero attached hydrogens (tertiary/aromatic N) is 3. The van der Waals surface area contributed by atoms with Gasteiger partial charge in [-0.15, -0.1) is 11.8 Å². The number of allylic oxidation sites excluding steroid dienone is 2.